The molecule has 10 heteroatoms. The molecule has 1 saturated carbocycles. The molecule has 1 saturated heterocycles. The topological polar surface area (TPSA) is 81.2 Å². The van der Waals surface area contributed by atoms with Crippen molar-refractivity contribution in [1.82, 2.24) is 15.1 Å². The van der Waals surface area contributed by atoms with Crippen LogP contribution >= 0.6 is 0 Å². The SMILES string of the molecule is O=CN(O)CC(CC1CCCC1)C(=O)N1CCCCN1C(=O)c1ccc(C(F)(F)F)cc1. The van der Waals surface area contributed by atoms with Crippen LogP contribution in [0.3, 0.4) is 0 Å². The molecular formula is C22H28F3N3O4. The van der Waals surface area contributed by atoms with Crippen LogP contribution in [-0.2, 0) is 15.8 Å². The molecule has 0 spiro atoms. The zero-order chi connectivity index (χ0) is 23.3. The summed E-state index contributed by atoms with van der Waals surface area (Å²) in [5, 5.41) is 12.8. The van der Waals surface area contributed by atoms with Crippen molar-refractivity contribution in [3.8, 4) is 0 Å². The number of carbonyl (C=O) groups is 3. The molecule has 0 aromatic heterocycles. The monoisotopic (exact) mass is 455 g/mol. The van der Waals surface area contributed by atoms with Crippen molar-refractivity contribution in [2.75, 3.05) is 19.6 Å². The molecule has 0 radical (unpaired) electrons. The normalized spacial score (nSPS) is 18.5. The fraction of sp³-hybridized carbons (Fsp3) is 0.591. The number of alkyl halides is 3. The quantitative estimate of drug-likeness (QED) is 0.386. The fourth-order valence-electron chi connectivity index (χ4n) is 4.54. The van der Waals surface area contributed by atoms with E-state index in [2.05, 4.69) is 0 Å². The van der Waals surface area contributed by atoms with E-state index in [4.69, 9.17) is 0 Å². The van der Waals surface area contributed by atoms with Crippen LogP contribution in [0.2, 0.25) is 0 Å². The van der Waals surface area contributed by atoms with E-state index in [0.717, 1.165) is 49.9 Å². The second kappa shape index (κ2) is 10.3. The number of halogens is 3. The summed E-state index contributed by atoms with van der Waals surface area (Å²) >= 11 is 0. The van der Waals surface area contributed by atoms with Gasteiger partial charge in [0.05, 0.1) is 18.0 Å². The molecule has 176 valence electrons. The van der Waals surface area contributed by atoms with Crippen LogP contribution in [-0.4, -0.2) is 58.1 Å². The summed E-state index contributed by atoms with van der Waals surface area (Å²) in [5.74, 6) is -1.28. The van der Waals surface area contributed by atoms with Gasteiger partial charge in [-0.2, -0.15) is 13.2 Å². The molecule has 1 unspecified atom stereocenters. The highest BCUT2D eigenvalue weighted by molar-refractivity contribution is 5.95. The van der Waals surface area contributed by atoms with Crippen LogP contribution in [0.25, 0.3) is 0 Å². The summed E-state index contributed by atoms with van der Waals surface area (Å²) in [6, 6.07) is 3.92. The highest BCUT2D eigenvalue weighted by atomic mass is 19.4. The van der Waals surface area contributed by atoms with E-state index in [1.54, 1.807) is 0 Å². The van der Waals surface area contributed by atoms with Crippen LogP contribution in [0, 0.1) is 11.8 Å². The molecule has 3 amide bonds. The molecule has 1 aliphatic heterocycles. The molecule has 32 heavy (non-hydrogen) atoms. The molecule has 1 atom stereocenters. The number of carbonyl (C=O) groups excluding carboxylic acids is 3. The summed E-state index contributed by atoms with van der Waals surface area (Å²) in [7, 11) is 0. The van der Waals surface area contributed by atoms with Crippen molar-refractivity contribution in [3.63, 3.8) is 0 Å². The van der Waals surface area contributed by atoms with Gasteiger partial charge in [0.15, 0.2) is 0 Å². The van der Waals surface area contributed by atoms with Crippen molar-refractivity contribution in [1.29, 1.82) is 0 Å². The van der Waals surface area contributed by atoms with Gasteiger partial charge < -0.3 is 0 Å². The number of hydroxylamine groups is 2. The highest BCUT2D eigenvalue weighted by Crippen LogP contribution is 2.32. The Labute approximate surface area is 184 Å². The number of benzene rings is 1. The number of hydrogen-bond acceptors (Lipinski definition) is 4. The van der Waals surface area contributed by atoms with E-state index in [-0.39, 0.29) is 31.0 Å². The minimum Gasteiger partial charge on any atom is -0.286 e. The molecule has 7 nitrogen and oxygen atoms in total. The predicted molar refractivity (Wildman–Crippen MR) is 108 cm³/mol. The maximum atomic E-state index is 13.4. The summed E-state index contributed by atoms with van der Waals surface area (Å²) in [6.45, 7) is 0.384. The molecular weight excluding hydrogens is 427 g/mol. The average molecular weight is 455 g/mol. The lowest BCUT2D eigenvalue weighted by Crippen LogP contribution is -2.55. The van der Waals surface area contributed by atoms with Gasteiger partial charge in [0.25, 0.3) is 5.91 Å². The third kappa shape index (κ3) is 5.79. The van der Waals surface area contributed by atoms with E-state index < -0.39 is 23.6 Å². The Bertz CT molecular complexity index is 810. The Morgan fingerprint density at radius 3 is 2.22 bits per heavy atom. The summed E-state index contributed by atoms with van der Waals surface area (Å²) < 4.78 is 38.5. The van der Waals surface area contributed by atoms with Gasteiger partial charge >= 0.3 is 6.18 Å². The maximum absolute atomic E-state index is 13.4. The lowest BCUT2D eigenvalue weighted by Gasteiger charge is -2.40. The molecule has 1 heterocycles. The standard InChI is InChI=1S/C22H28F3N3O4/c23-22(24,25)19-9-7-17(8-10-19)20(30)27-11-3-4-12-28(27)21(31)18(14-26(32)15-29)13-16-5-1-2-6-16/h7-10,15-16,18,32H,1-6,11-14H2. The highest BCUT2D eigenvalue weighted by Gasteiger charge is 2.36. The third-order valence-corrected chi connectivity index (χ3v) is 6.20. The van der Waals surface area contributed by atoms with Gasteiger partial charge in [-0.25, -0.2) is 10.1 Å². The van der Waals surface area contributed by atoms with Crippen LogP contribution in [0.5, 0.6) is 0 Å². The number of rotatable bonds is 7. The van der Waals surface area contributed by atoms with E-state index in [1.165, 1.54) is 10.0 Å². The van der Waals surface area contributed by atoms with Gasteiger partial charge in [0.1, 0.15) is 0 Å². The van der Waals surface area contributed by atoms with Crippen LogP contribution in [0.1, 0.15) is 60.9 Å². The Morgan fingerprint density at radius 1 is 1.06 bits per heavy atom. The second-order valence-corrected chi connectivity index (χ2v) is 8.48. The molecule has 2 aliphatic rings. The first-order valence-corrected chi connectivity index (χ1v) is 10.9. The summed E-state index contributed by atoms with van der Waals surface area (Å²) in [4.78, 5) is 37.4. The Morgan fingerprint density at radius 2 is 1.66 bits per heavy atom. The van der Waals surface area contributed by atoms with Crippen molar-refractivity contribution < 1.29 is 32.8 Å². The Hall–Kier alpha value is -2.62. The van der Waals surface area contributed by atoms with Gasteiger partial charge in [0, 0.05) is 18.7 Å². The van der Waals surface area contributed by atoms with Crippen LogP contribution in [0.4, 0.5) is 13.2 Å². The fourth-order valence-corrected chi connectivity index (χ4v) is 4.54. The number of nitrogens with zero attached hydrogens (tertiary/aromatic N) is 3. The van der Waals surface area contributed by atoms with Gasteiger partial charge in [-0.1, -0.05) is 25.7 Å². The van der Waals surface area contributed by atoms with Crippen LogP contribution in [0.15, 0.2) is 24.3 Å². The summed E-state index contributed by atoms with van der Waals surface area (Å²) in [5.41, 5.74) is -0.795. The predicted octanol–water partition coefficient (Wildman–Crippen LogP) is 3.73. The number of hydrazine groups is 1. The van der Waals surface area contributed by atoms with E-state index in [0.29, 0.717) is 36.8 Å². The molecule has 0 bridgehead atoms. The van der Waals surface area contributed by atoms with Gasteiger partial charge in [0.2, 0.25) is 12.3 Å². The van der Waals surface area contributed by atoms with Crippen molar-refractivity contribution in [2.45, 2.75) is 51.1 Å². The first-order chi connectivity index (χ1) is 15.2. The maximum Gasteiger partial charge on any atom is 0.416 e. The molecule has 1 aromatic carbocycles. The van der Waals surface area contributed by atoms with Gasteiger partial charge in [-0.05, 0) is 49.4 Å². The van der Waals surface area contributed by atoms with Gasteiger partial charge in [-0.15, -0.1) is 0 Å². The minimum absolute atomic E-state index is 0.0571. The Balaban J connectivity index is 1.78. The number of amides is 3. The number of hydrogen-bond donors (Lipinski definition) is 1. The first-order valence-electron chi connectivity index (χ1n) is 10.9. The molecule has 1 aromatic rings. The smallest absolute Gasteiger partial charge is 0.286 e. The van der Waals surface area contributed by atoms with Crippen molar-refractivity contribution in [2.24, 2.45) is 11.8 Å². The third-order valence-electron chi connectivity index (χ3n) is 6.20. The average Bonchev–Trinajstić information content (AvgIpc) is 3.30. The zero-order valence-electron chi connectivity index (χ0n) is 17.8. The van der Waals surface area contributed by atoms with Gasteiger partial charge in [-0.3, -0.25) is 24.6 Å². The van der Waals surface area contributed by atoms with E-state index in [9.17, 15) is 32.8 Å². The molecule has 2 fully saturated rings. The summed E-state index contributed by atoms with van der Waals surface area (Å²) in [6.07, 6.45) is 1.68. The van der Waals surface area contributed by atoms with E-state index >= 15 is 0 Å². The largest absolute Gasteiger partial charge is 0.416 e. The molecule has 1 aliphatic carbocycles. The molecule has 1 N–H and O–H groups in total. The lowest BCUT2D eigenvalue weighted by atomic mass is 9.92. The Kier molecular flexibility index (Phi) is 7.76. The molecule has 3 rings (SSSR count). The van der Waals surface area contributed by atoms with Crippen LogP contribution < -0.4 is 0 Å². The second-order valence-electron chi connectivity index (χ2n) is 8.48. The van der Waals surface area contributed by atoms with Crippen molar-refractivity contribution >= 4 is 18.2 Å². The van der Waals surface area contributed by atoms with E-state index in [1.807, 2.05) is 0 Å². The lowest BCUT2D eigenvalue weighted by molar-refractivity contribution is -0.164. The first kappa shape index (κ1) is 24.0. The minimum atomic E-state index is -4.50. The van der Waals surface area contributed by atoms with Crippen molar-refractivity contribution in [3.05, 3.63) is 35.4 Å². The zero-order valence-corrected chi connectivity index (χ0v) is 17.8.